The molecule has 3 N–H and O–H groups in total. The summed E-state index contributed by atoms with van der Waals surface area (Å²) >= 11 is 0. The molecule has 1 heterocycles. The van der Waals surface area contributed by atoms with Crippen molar-refractivity contribution in [3.63, 3.8) is 0 Å². The van der Waals surface area contributed by atoms with Crippen molar-refractivity contribution in [2.45, 2.75) is 50.7 Å². The van der Waals surface area contributed by atoms with Gasteiger partial charge < -0.3 is 10.5 Å². The van der Waals surface area contributed by atoms with E-state index >= 15 is 0 Å². The van der Waals surface area contributed by atoms with Crippen LogP contribution in [0.25, 0.3) is 0 Å². The maximum atomic E-state index is 12.3. The number of hydrogen-bond acceptors (Lipinski definition) is 6. The van der Waals surface area contributed by atoms with Gasteiger partial charge in [0.2, 0.25) is 0 Å². The Hall–Kier alpha value is -3.25. The monoisotopic (exact) mass is 430 g/mol. The second-order valence-electron chi connectivity index (χ2n) is 8.35. The van der Waals surface area contributed by atoms with E-state index in [2.05, 4.69) is 15.3 Å². The number of benzene rings is 2. The van der Waals surface area contributed by atoms with Crippen molar-refractivity contribution < 1.29 is 9.53 Å². The predicted molar refractivity (Wildman–Crippen MR) is 128 cm³/mol. The van der Waals surface area contributed by atoms with Crippen LogP contribution in [0, 0.1) is 5.92 Å². The number of aliphatic imine (C=N–C) groups is 2. The van der Waals surface area contributed by atoms with Crippen LogP contribution in [-0.2, 0) is 4.79 Å². The number of rotatable bonds is 7. The van der Waals surface area contributed by atoms with Crippen molar-refractivity contribution in [1.82, 2.24) is 5.32 Å². The molecule has 2 aromatic carbocycles. The van der Waals surface area contributed by atoms with Gasteiger partial charge in [-0.15, -0.1) is 0 Å². The summed E-state index contributed by atoms with van der Waals surface area (Å²) < 4.78 is 5.91. The standard InChI is InChI=1S/C26H30N4O2/c1-2-7-23(31)19-8-6-9-20(16-19)30-26-24(25(27)28-17-29-26)18-12-14-22(15-13-18)32-21-10-4-3-5-11-21/h2-5,7,10-15,17,19-20,24,26,30H,6,8-9,16H2,1H3,(H2,27,28,29)/t19-,20?,24?,26?/m0/s1. The maximum absolute atomic E-state index is 12.3. The Morgan fingerprint density at radius 2 is 1.84 bits per heavy atom. The minimum atomic E-state index is -0.214. The van der Waals surface area contributed by atoms with Crippen molar-refractivity contribution in [3.8, 4) is 11.5 Å². The number of allylic oxidation sites excluding steroid dienone is 2. The molecule has 6 nitrogen and oxygen atoms in total. The van der Waals surface area contributed by atoms with Gasteiger partial charge in [0.1, 0.15) is 29.8 Å². The summed E-state index contributed by atoms with van der Waals surface area (Å²) in [6.07, 6.45) is 8.66. The van der Waals surface area contributed by atoms with Gasteiger partial charge in [0.25, 0.3) is 0 Å². The molecule has 1 aliphatic heterocycles. The first-order chi connectivity index (χ1) is 15.6. The minimum Gasteiger partial charge on any atom is -0.457 e. The van der Waals surface area contributed by atoms with Crippen molar-refractivity contribution in [1.29, 1.82) is 0 Å². The maximum Gasteiger partial charge on any atom is 0.158 e. The Kier molecular flexibility index (Phi) is 7.12. The molecule has 32 heavy (non-hydrogen) atoms. The van der Waals surface area contributed by atoms with Crippen LogP contribution in [0.2, 0.25) is 0 Å². The molecule has 0 spiro atoms. The van der Waals surface area contributed by atoms with Gasteiger partial charge in [-0.1, -0.05) is 42.8 Å². The summed E-state index contributed by atoms with van der Waals surface area (Å²) in [5.41, 5.74) is 7.33. The first-order valence-corrected chi connectivity index (χ1v) is 11.2. The number of ketones is 1. The number of para-hydroxylation sites is 1. The molecule has 3 unspecified atom stereocenters. The quantitative estimate of drug-likeness (QED) is 0.629. The van der Waals surface area contributed by atoms with Crippen LogP contribution >= 0.6 is 0 Å². The molecule has 2 aliphatic rings. The average molecular weight is 431 g/mol. The first kappa shape index (κ1) is 22.0. The zero-order chi connectivity index (χ0) is 22.3. The van der Waals surface area contributed by atoms with Gasteiger partial charge in [-0.25, -0.2) is 4.99 Å². The van der Waals surface area contributed by atoms with Crippen LogP contribution in [0.4, 0.5) is 0 Å². The highest BCUT2D eigenvalue weighted by atomic mass is 16.5. The fourth-order valence-corrected chi connectivity index (χ4v) is 4.50. The molecule has 0 saturated heterocycles. The lowest BCUT2D eigenvalue weighted by Crippen LogP contribution is -2.48. The van der Waals surface area contributed by atoms with Gasteiger partial charge in [0, 0.05) is 12.0 Å². The molecule has 6 heteroatoms. The Bertz CT molecular complexity index is 998. The van der Waals surface area contributed by atoms with E-state index in [1.54, 1.807) is 6.08 Å². The molecular formula is C26H30N4O2. The molecule has 1 fully saturated rings. The zero-order valence-corrected chi connectivity index (χ0v) is 18.4. The number of carbonyl (C=O) groups excluding carboxylic acids is 1. The third kappa shape index (κ3) is 5.32. The summed E-state index contributed by atoms with van der Waals surface area (Å²) in [7, 11) is 0. The fourth-order valence-electron chi connectivity index (χ4n) is 4.50. The lowest BCUT2D eigenvalue weighted by Gasteiger charge is -2.34. The summed E-state index contributed by atoms with van der Waals surface area (Å²) in [5.74, 6) is 2.21. The lowest BCUT2D eigenvalue weighted by molar-refractivity contribution is -0.119. The highest BCUT2D eigenvalue weighted by Crippen LogP contribution is 2.30. The molecule has 4 atom stereocenters. The molecule has 166 valence electrons. The normalized spacial score (nSPS) is 25.5. The molecule has 1 saturated carbocycles. The molecule has 0 radical (unpaired) electrons. The van der Waals surface area contributed by atoms with E-state index in [9.17, 15) is 4.79 Å². The van der Waals surface area contributed by atoms with Gasteiger partial charge in [0.15, 0.2) is 5.78 Å². The number of nitrogens with zero attached hydrogens (tertiary/aromatic N) is 2. The Labute approximate surface area is 189 Å². The van der Waals surface area contributed by atoms with E-state index in [0.29, 0.717) is 5.84 Å². The molecule has 0 bridgehead atoms. The third-order valence-corrected chi connectivity index (χ3v) is 6.10. The van der Waals surface area contributed by atoms with E-state index in [1.165, 1.54) is 6.34 Å². The van der Waals surface area contributed by atoms with Crippen molar-refractivity contribution in [3.05, 3.63) is 72.3 Å². The smallest absolute Gasteiger partial charge is 0.158 e. The second-order valence-corrected chi connectivity index (χ2v) is 8.35. The zero-order valence-electron chi connectivity index (χ0n) is 18.4. The Morgan fingerprint density at radius 1 is 1.09 bits per heavy atom. The van der Waals surface area contributed by atoms with Crippen LogP contribution in [0.1, 0.15) is 44.1 Å². The third-order valence-electron chi connectivity index (χ3n) is 6.10. The van der Waals surface area contributed by atoms with E-state index in [0.717, 1.165) is 42.7 Å². The van der Waals surface area contributed by atoms with Gasteiger partial charge in [0.05, 0.1) is 5.92 Å². The number of nitrogens with one attached hydrogen (secondary N) is 1. The number of ether oxygens (including phenoxy) is 1. The van der Waals surface area contributed by atoms with Crippen molar-refractivity contribution in [2.75, 3.05) is 0 Å². The van der Waals surface area contributed by atoms with Gasteiger partial charge in [-0.2, -0.15) is 0 Å². The summed E-state index contributed by atoms with van der Waals surface area (Å²) in [6, 6.07) is 17.8. The summed E-state index contributed by atoms with van der Waals surface area (Å²) in [6.45, 7) is 1.88. The van der Waals surface area contributed by atoms with Crippen molar-refractivity contribution in [2.24, 2.45) is 21.6 Å². The van der Waals surface area contributed by atoms with Crippen LogP contribution in [-0.4, -0.2) is 30.2 Å². The molecule has 4 rings (SSSR count). The Balaban J connectivity index is 1.45. The van der Waals surface area contributed by atoms with E-state index in [-0.39, 0.29) is 29.8 Å². The number of hydrogen-bond donors (Lipinski definition) is 2. The number of nitrogens with two attached hydrogens (primary N) is 1. The largest absolute Gasteiger partial charge is 0.457 e. The van der Waals surface area contributed by atoms with Crippen molar-refractivity contribution >= 4 is 18.0 Å². The summed E-state index contributed by atoms with van der Waals surface area (Å²) in [4.78, 5) is 21.2. The average Bonchev–Trinajstić information content (AvgIpc) is 2.81. The SMILES string of the molecule is CC=CC(=O)[C@H]1CCCC(NC2N=CN=C(N)C2c2ccc(Oc3ccccc3)cc2)C1. The molecule has 2 aromatic rings. The molecule has 0 amide bonds. The van der Waals surface area contributed by atoms with Crippen LogP contribution in [0.15, 0.2) is 76.7 Å². The van der Waals surface area contributed by atoms with E-state index < -0.39 is 0 Å². The van der Waals surface area contributed by atoms with E-state index in [4.69, 9.17) is 10.5 Å². The van der Waals surface area contributed by atoms with Gasteiger partial charge in [-0.3, -0.25) is 15.1 Å². The molecular weight excluding hydrogens is 400 g/mol. The number of carbonyl (C=O) groups is 1. The van der Waals surface area contributed by atoms with Crippen LogP contribution in [0.3, 0.4) is 0 Å². The highest BCUT2D eigenvalue weighted by Gasteiger charge is 2.33. The van der Waals surface area contributed by atoms with Gasteiger partial charge in [-0.05, 0) is 62.1 Å². The van der Waals surface area contributed by atoms with E-state index in [1.807, 2.05) is 67.6 Å². The molecule has 1 aliphatic carbocycles. The highest BCUT2D eigenvalue weighted by molar-refractivity contribution is 5.95. The molecule has 0 aromatic heterocycles. The predicted octanol–water partition coefficient (Wildman–Crippen LogP) is 4.58. The van der Waals surface area contributed by atoms with Crippen LogP contribution < -0.4 is 15.8 Å². The minimum absolute atomic E-state index is 0.0731. The summed E-state index contributed by atoms with van der Waals surface area (Å²) in [5, 5.41) is 3.65. The van der Waals surface area contributed by atoms with Gasteiger partial charge >= 0.3 is 0 Å². The second kappa shape index (κ2) is 10.4. The lowest BCUT2D eigenvalue weighted by atomic mass is 9.82. The van der Waals surface area contributed by atoms with Crippen LogP contribution in [0.5, 0.6) is 11.5 Å². The topological polar surface area (TPSA) is 89.1 Å². The number of amidine groups is 1. The first-order valence-electron chi connectivity index (χ1n) is 11.2. The fraction of sp³-hybridized carbons (Fsp3) is 0.346. The Morgan fingerprint density at radius 3 is 2.59 bits per heavy atom.